The zero-order chi connectivity index (χ0) is 31.5. The standard InChI is InChI=1S/C36H58O7/c1-20-26(37)27(38)28(39)29(42-20)43-25-12-13-33(6)23(32(25,4)5)11-14-35(8)24(33)10-9-21-22-19-31(2,3)15-17-36(22,30(40)41)18-16-34(21,35)7/h9,20,22-29,37-39H,10-19H2,1-8H3,(H,40,41)/t20-,22?,23?,24?,25-,26-,27+,28+,29?,33-,34+,35+,36?/m0/s1. The molecule has 7 nitrogen and oxygen atoms in total. The predicted octanol–water partition coefficient (Wildman–Crippen LogP) is 6.09. The number of hydrogen-bond acceptors (Lipinski definition) is 6. The summed E-state index contributed by atoms with van der Waals surface area (Å²) in [6.45, 7) is 18.5. The lowest BCUT2D eigenvalue weighted by Crippen LogP contribution is -2.66. The number of carbonyl (C=O) groups is 1. The van der Waals surface area contributed by atoms with Gasteiger partial charge in [-0.15, -0.1) is 0 Å². The molecule has 5 fully saturated rings. The summed E-state index contributed by atoms with van der Waals surface area (Å²) in [5, 5.41) is 41.9. The number of carboxylic acid groups (broad SMARTS) is 1. The Labute approximate surface area is 258 Å². The summed E-state index contributed by atoms with van der Waals surface area (Å²) in [5.41, 5.74) is 1.02. The Hall–Kier alpha value is -0.990. The second-order valence-electron chi connectivity index (χ2n) is 17.8. The van der Waals surface area contributed by atoms with E-state index >= 15 is 0 Å². The first-order valence-corrected chi connectivity index (χ1v) is 17.1. The smallest absolute Gasteiger partial charge is 0.310 e. The van der Waals surface area contributed by atoms with Crippen molar-refractivity contribution in [1.82, 2.24) is 0 Å². The lowest BCUT2D eigenvalue weighted by atomic mass is 9.33. The number of fused-ring (bicyclic) bond motifs is 7. The van der Waals surface area contributed by atoms with E-state index < -0.39 is 42.1 Å². The van der Waals surface area contributed by atoms with Gasteiger partial charge >= 0.3 is 5.97 Å². The van der Waals surface area contributed by atoms with Gasteiger partial charge < -0.3 is 29.9 Å². The average molecular weight is 603 g/mol. The van der Waals surface area contributed by atoms with Crippen LogP contribution in [0.2, 0.25) is 0 Å². The number of hydrogen-bond donors (Lipinski definition) is 4. The molecule has 7 heteroatoms. The van der Waals surface area contributed by atoms with E-state index in [0.717, 1.165) is 64.2 Å². The normalized spacial score (nSPS) is 53.8. The van der Waals surface area contributed by atoms with Crippen LogP contribution in [0, 0.1) is 50.2 Å². The van der Waals surface area contributed by atoms with Crippen LogP contribution in [0.3, 0.4) is 0 Å². The molecular weight excluding hydrogens is 544 g/mol. The van der Waals surface area contributed by atoms with Gasteiger partial charge in [0.05, 0.1) is 17.6 Å². The third-order valence-electron chi connectivity index (χ3n) is 15.1. The fourth-order valence-corrected chi connectivity index (χ4v) is 12.1. The Kier molecular flexibility index (Phi) is 7.44. The van der Waals surface area contributed by atoms with E-state index in [2.05, 4.69) is 54.5 Å². The Morgan fingerprint density at radius 3 is 2.21 bits per heavy atom. The van der Waals surface area contributed by atoms with Crippen LogP contribution >= 0.6 is 0 Å². The van der Waals surface area contributed by atoms with Gasteiger partial charge in [-0.05, 0) is 116 Å². The van der Waals surface area contributed by atoms with Gasteiger partial charge in [0, 0.05) is 0 Å². The Bertz CT molecular complexity index is 1160. The summed E-state index contributed by atoms with van der Waals surface area (Å²) < 4.78 is 12.4. The molecule has 6 aliphatic rings. The van der Waals surface area contributed by atoms with Gasteiger partial charge in [-0.3, -0.25) is 4.79 Å². The number of ether oxygens (including phenoxy) is 2. The number of allylic oxidation sites excluding steroid dienone is 2. The van der Waals surface area contributed by atoms with Crippen molar-refractivity contribution in [3.63, 3.8) is 0 Å². The molecule has 1 saturated heterocycles. The van der Waals surface area contributed by atoms with Crippen molar-refractivity contribution in [1.29, 1.82) is 0 Å². The predicted molar refractivity (Wildman–Crippen MR) is 164 cm³/mol. The maximum atomic E-state index is 12.9. The summed E-state index contributed by atoms with van der Waals surface area (Å²) in [5.74, 6) is 0.451. The van der Waals surface area contributed by atoms with Crippen LogP contribution in [-0.4, -0.2) is 63.2 Å². The van der Waals surface area contributed by atoms with Crippen LogP contribution in [0.4, 0.5) is 0 Å². The Balaban J connectivity index is 1.30. The summed E-state index contributed by atoms with van der Waals surface area (Å²) >= 11 is 0. The first kappa shape index (κ1) is 32.0. The number of aliphatic hydroxyl groups is 3. The molecule has 13 atom stereocenters. The number of rotatable bonds is 3. The van der Waals surface area contributed by atoms with Crippen LogP contribution in [0.15, 0.2) is 11.6 Å². The summed E-state index contributed by atoms with van der Waals surface area (Å²) in [6, 6.07) is 0. The maximum Gasteiger partial charge on any atom is 0.310 e. The molecule has 0 spiro atoms. The first-order chi connectivity index (χ1) is 19.8. The van der Waals surface area contributed by atoms with Crippen molar-refractivity contribution in [3.8, 4) is 0 Å². The summed E-state index contributed by atoms with van der Waals surface area (Å²) in [6.07, 6.45) is 6.63. The van der Waals surface area contributed by atoms with Crippen LogP contribution in [-0.2, 0) is 14.3 Å². The highest BCUT2D eigenvalue weighted by Crippen LogP contribution is 2.76. The Morgan fingerprint density at radius 2 is 1.53 bits per heavy atom. The highest BCUT2D eigenvalue weighted by Gasteiger charge is 2.69. The lowest BCUT2D eigenvalue weighted by Gasteiger charge is -2.71. The average Bonchev–Trinajstić information content (AvgIpc) is 2.91. The lowest BCUT2D eigenvalue weighted by molar-refractivity contribution is -0.324. The van der Waals surface area contributed by atoms with Crippen molar-refractivity contribution in [3.05, 3.63) is 11.6 Å². The molecule has 0 radical (unpaired) electrons. The van der Waals surface area contributed by atoms with E-state index in [4.69, 9.17) is 9.47 Å². The van der Waals surface area contributed by atoms with E-state index in [1.165, 1.54) is 5.57 Å². The van der Waals surface area contributed by atoms with Crippen LogP contribution in [0.5, 0.6) is 0 Å². The van der Waals surface area contributed by atoms with E-state index in [1.807, 2.05) is 0 Å². The zero-order valence-corrected chi connectivity index (χ0v) is 27.9. The number of aliphatic carboxylic acids is 1. The SMILES string of the molecule is C[C@@H]1OC(O[C@H]2CC[C@@]3(C)C(CC[C@]4(C)C3CC=C3C5CC(C)(C)CCC5(C(=O)O)CC[C@]34C)C2(C)C)[C@H](O)[C@H](O)[C@H]1O. The molecule has 4 N–H and O–H groups in total. The second-order valence-corrected chi connectivity index (χ2v) is 17.8. The topological polar surface area (TPSA) is 116 Å². The molecule has 1 heterocycles. The van der Waals surface area contributed by atoms with Gasteiger partial charge in [-0.2, -0.15) is 0 Å². The number of aliphatic hydroxyl groups excluding tert-OH is 3. The van der Waals surface area contributed by atoms with Crippen molar-refractivity contribution >= 4 is 5.97 Å². The number of carboxylic acids is 1. The van der Waals surface area contributed by atoms with Crippen molar-refractivity contribution < 1.29 is 34.7 Å². The molecule has 0 amide bonds. The van der Waals surface area contributed by atoms with Crippen molar-refractivity contribution in [2.45, 2.75) is 156 Å². The fraction of sp³-hybridized carbons (Fsp3) is 0.917. The molecule has 5 aliphatic carbocycles. The van der Waals surface area contributed by atoms with Gasteiger partial charge in [0.25, 0.3) is 0 Å². The maximum absolute atomic E-state index is 12.9. The minimum atomic E-state index is -1.30. The van der Waals surface area contributed by atoms with Crippen LogP contribution < -0.4 is 0 Å². The summed E-state index contributed by atoms with van der Waals surface area (Å²) in [7, 11) is 0. The molecule has 244 valence electrons. The van der Waals surface area contributed by atoms with Gasteiger partial charge in [0.1, 0.15) is 18.3 Å². The highest BCUT2D eigenvalue weighted by atomic mass is 16.7. The molecule has 0 aromatic heterocycles. The zero-order valence-electron chi connectivity index (χ0n) is 27.9. The van der Waals surface area contributed by atoms with E-state index in [9.17, 15) is 25.2 Å². The van der Waals surface area contributed by atoms with Gasteiger partial charge in [0.2, 0.25) is 0 Å². The van der Waals surface area contributed by atoms with Crippen molar-refractivity contribution in [2.24, 2.45) is 50.2 Å². The van der Waals surface area contributed by atoms with Crippen LogP contribution in [0.25, 0.3) is 0 Å². The second kappa shape index (κ2) is 10.0. The van der Waals surface area contributed by atoms with E-state index in [1.54, 1.807) is 6.92 Å². The molecule has 0 bridgehead atoms. The van der Waals surface area contributed by atoms with Gasteiger partial charge in [-0.1, -0.05) is 60.1 Å². The third kappa shape index (κ3) is 4.33. The molecular formula is C36H58O7. The quantitative estimate of drug-likeness (QED) is 0.228. The monoisotopic (exact) mass is 602 g/mol. The molecule has 6 rings (SSSR count). The van der Waals surface area contributed by atoms with E-state index in [0.29, 0.717) is 11.8 Å². The minimum absolute atomic E-state index is 0.00835. The largest absolute Gasteiger partial charge is 0.481 e. The van der Waals surface area contributed by atoms with E-state index in [-0.39, 0.29) is 39.1 Å². The van der Waals surface area contributed by atoms with Crippen molar-refractivity contribution in [2.75, 3.05) is 0 Å². The molecule has 1 aliphatic heterocycles. The first-order valence-electron chi connectivity index (χ1n) is 17.1. The molecule has 5 unspecified atom stereocenters. The minimum Gasteiger partial charge on any atom is -0.481 e. The molecule has 43 heavy (non-hydrogen) atoms. The van der Waals surface area contributed by atoms with Gasteiger partial charge in [-0.25, -0.2) is 0 Å². The highest BCUT2D eigenvalue weighted by molar-refractivity contribution is 5.76. The Morgan fingerprint density at radius 1 is 0.860 bits per heavy atom. The van der Waals surface area contributed by atoms with Crippen LogP contribution in [0.1, 0.15) is 120 Å². The molecule has 0 aromatic carbocycles. The molecule has 4 saturated carbocycles. The van der Waals surface area contributed by atoms with Gasteiger partial charge in [0.15, 0.2) is 6.29 Å². The molecule has 0 aromatic rings. The third-order valence-corrected chi connectivity index (χ3v) is 15.1. The summed E-state index contributed by atoms with van der Waals surface area (Å²) in [4.78, 5) is 12.9. The fourth-order valence-electron chi connectivity index (χ4n) is 12.1.